The first kappa shape index (κ1) is 19.3. The Morgan fingerprint density at radius 2 is 1.88 bits per heavy atom. The number of amides is 3. The van der Waals surface area contributed by atoms with Crippen LogP contribution in [0.4, 0.5) is 13.6 Å². The van der Waals surface area contributed by atoms with Gasteiger partial charge >= 0.3 is 6.03 Å². The van der Waals surface area contributed by atoms with E-state index in [4.69, 9.17) is 10.5 Å². The van der Waals surface area contributed by atoms with Crippen molar-refractivity contribution in [1.29, 1.82) is 0 Å². The van der Waals surface area contributed by atoms with Crippen LogP contribution >= 0.6 is 0 Å². The van der Waals surface area contributed by atoms with Gasteiger partial charge < -0.3 is 21.1 Å². The number of nitrogens with two attached hydrogens (primary N) is 1. The maximum atomic E-state index is 13.6. The third kappa shape index (κ3) is 4.43. The third-order valence-electron chi connectivity index (χ3n) is 5.40. The molecule has 0 unspecified atom stereocenters. The summed E-state index contributed by atoms with van der Waals surface area (Å²) < 4.78 is 33.0. The van der Waals surface area contributed by atoms with Gasteiger partial charge in [0.05, 0.1) is 12.3 Å². The third-order valence-corrected chi connectivity index (χ3v) is 5.40. The van der Waals surface area contributed by atoms with Crippen molar-refractivity contribution < 1.29 is 23.1 Å². The Bertz CT molecular complexity index is 557. The maximum absolute atomic E-state index is 13.6. The number of hydrogen-bond acceptors (Lipinski definition) is 4. The molecule has 3 rings (SSSR count). The van der Waals surface area contributed by atoms with Gasteiger partial charge in [-0.05, 0) is 45.4 Å². The number of urea groups is 1. The van der Waals surface area contributed by atoms with Crippen LogP contribution in [0.2, 0.25) is 0 Å². The van der Waals surface area contributed by atoms with Crippen LogP contribution in [0.25, 0.3) is 0 Å². The molecule has 2 saturated carbocycles. The lowest BCUT2D eigenvalue weighted by molar-refractivity contribution is -0.126. The summed E-state index contributed by atoms with van der Waals surface area (Å²) in [6.07, 6.45) is 4.89. The van der Waals surface area contributed by atoms with Crippen molar-refractivity contribution >= 4 is 11.9 Å². The molecule has 1 spiro atoms. The molecule has 1 atom stereocenters. The monoisotopic (exact) mass is 374 g/mol. The first-order valence-electron chi connectivity index (χ1n) is 9.33. The number of rotatable bonds is 5. The second-order valence-corrected chi connectivity index (χ2v) is 7.93. The molecule has 26 heavy (non-hydrogen) atoms. The Hall–Kier alpha value is -1.48. The summed E-state index contributed by atoms with van der Waals surface area (Å²) in [6, 6.07) is -1.87. The summed E-state index contributed by atoms with van der Waals surface area (Å²) >= 11 is 0. The Kier molecular flexibility index (Phi) is 5.13. The van der Waals surface area contributed by atoms with E-state index in [2.05, 4.69) is 10.6 Å². The molecule has 2 aliphatic carbocycles. The van der Waals surface area contributed by atoms with Crippen molar-refractivity contribution in [3.05, 3.63) is 0 Å². The molecule has 0 bridgehead atoms. The van der Waals surface area contributed by atoms with E-state index in [-0.39, 0.29) is 0 Å². The van der Waals surface area contributed by atoms with Crippen LogP contribution in [-0.4, -0.2) is 53.3 Å². The Labute approximate surface area is 152 Å². The largest absolute Gasteiger partial charge is 0.354 e. The molecule has 3 amide bonds. The van der Waals surface area contributed by atoms with Crippen molar-refractivity contribution in [3.63, 3.8) is 0 Å². The lowest BCUT2D eigenvalue weighted by Gasteiger charge is -2.40. The predicted octanol–water partition coefficient (Wildman–Crippen LogP) is 1.67. The van der Waals surface area contributed by atoms with Crippen molar-refractivity contribution in [3.8, 4) is 0 Å². The Morgan fingerprint density at radius 1 is 1.23 bits per heavy atom. The Balaban J connectivity index is 1.68. The van der Waals surface area contributed by atoms with Gasteiger partial charge in [-0.15, -0.1) is 0 Å². The molecule has 9 heteroatoms. The van der Waals surface area contributed by atoms with Crippen molar-refractivity contribution in [2.75, 3.05) is 13.2 Å². The first-order valence-corrected chi connectivity index (χ1v) is 9.33. The SMILES string of the molecule is CC(F)(F)C[C@H](NC(=O)N1CCOC12CCCCC2)C(=O)NC1(N)CC1. The van der Waals surface area contributed by atoms with Crippen LogP contribution in [0.15, 0.2) is 0 Å². The molecule has 0 radical (unpaired) electrons. The molecule has 148 valence electrons. The van der Waals surface area contributed by atoms with E-state index in [1.165, 1.54) is 0 Å². The van der Waals surface area contributed by atoms with Gasteiger partial charge in [0.2, 0.25) is 11.8 Å². The van der Waals surface area contributed by atoms with Crippen LogP contribution in [0.5, 0.6) is 0 Å². The average molecular weight is 374 g/mol. The number of nitrogens with zero attached hydrogens (tertiary/aromatic N) is 1. The van der Waals surface area contributed by atoms with E-state index in [1.54, 1.807) is 4.90 Å². The number of nitrogens with one attached hydrogen (secondary N) is 2. The first-order chi connectivity index (χ1) is 12.1. The Morgan fingerprint density at radius 3 is 2.46 bits per heavy atom. The highest BCUT2D eigenvalue weighted by Crippen LogP contribution is 2.38. The zero-order valence-corrected chi connectivity index (χ0v) is 15.2. The van der Waals surface area contributed by atoms with Gasteiger partial charge in [0, 0.05) is 13.0 Å². The molecule has 3 fully saturated rings. The summed E-state index contributed by atoms with van der Waals surface area (Å²) in [5.41, 5.74) is 4.36. The van der Waals surface area contributed by atoms with Gasteiger partial charge in [-0.25, -0.2) is 13.6 Å². The molecule has 7 nitrogen and oxygen atoms in total. The van der Waals surface area contributed by atoms with Gasteiger partial charge in [0.1, 0.15) is 11.8 Å². The molecule has 1 saturated heterocycles. The molecule has 0 aromatic heterocycles. The molecular formula is C17H28F2N4O3. The van der Waals surface area contributed by atoms with E-state index >= 15 is 0 Å². The molecule has 1 aliphatic heterocycles. The highest BCUT2D eigenvalue weighted by Gasteiger charge is 2.47. The van der Waals surface area contributed by atoms with Gasteiger partial charge in [-0.2, -0.15) is 0 Å². The zero-order chi connectivity index (χ0) is 19.0. The van der Waals surface area contributed by atoms with Crippen LogP contribution in [0, 0.1) is 0 Å². The fraction of sp³-hybridized carbons (Fsp3) is 0.882. The quantitative estimate of drug-likeness (QED) is 0.638. The number of alkyl halides is 2. The lowest BCUT2D eigenvalue weighted by Crippen LogP contribution is -2.59. The number of halogens is 2. The van der Waals surface area contributed by atoms with Crippen LogP contribution in [0.3, 0.4) is 0 Å². The number of carbonyl (C=O) groups is 2. The second kappa shape index (κ2) is 6.92. The van der Waals surface area contributed by atoms with Crippen molar-refractivity contribution in [2.24, 2.45) is 5.73 Å². The summed E-state index contributed by atoms with van der Waals surface area (Å²) in [4.78, 5) is 26.8. The van der Waals surface area contributed by atoms with Crippen LogP contribution < -0.4 is 16.4 Å². The van der Waals surface area contributed by atoms with Crippen LogP contribution in [-0.2, 0) is 9.53 Å². The van der Waals surface area contributed by atoms with E-state index in [1.807, 2.05) is 0 Å². The fourth-order valence-electron chi connectivity index (χ4n) is 3.80. The minimum absolute atomic E-state index is 0.392. The minimum atomic E-state index is -3.09. The molecule has 0 aromatic rings. The van der Waals surface area contributed by atoms with E-state index in [0.717, 1.165) is 39.0 Å². The van der Waals surface area contributed by atoms with E-state index < -0.39 is 41.7 Å². The molecule has 1 heterocycles. The van der Waals surface area contributed by atoms with Gasteiger partial charge in [-0.1, -0.05) is 6.42 Å². The fourth-order valence-corrected chi connectivity index (χ4v) is 3.80. The molecule has 0 aromatic carbocycles. The maximum Gasteiger partial charge on any atom is 0.320 e. The van der Waals surface area contributed by atoms with Gasteiger partial charge in [0.25, 0.3) is 0 Å². The van der Waals surface area contributed by atoms with E-state index in [9.17, 15) is 18.4 Å². The van der Waals surface area contributed by atoms with Crippen molar-refractivity contribution in [1.82, 2.24) is 15.5 Å². The summed E-state index contributed by atoms with van der Waals surface area (Å²) in [5.74, 6) is -3.76. The molecule has 4 N–H and O–H groups in total. The molecular weight excluding hydrogens is 346 g/mol. The number of hydrogen-bond donors (Lipinski definition) is 3. The van der Waals surface area contributed by atoms with Crippen molar-refractivity contribution in [2.45, 2.75) is 81.6 Å². The smallest absolute Gasteiger partial charge is 0.320 e. The summed E-state index contributed by atoms with van der Waals surface area (Å²) in [5, 5.41) is 5.06. The minimum Gasteiger partial charge on any atom is -0.354 e. The summed E-state index contributed by atoms with van der Waals surface area (Å²) in [6.45, 7) is 1.54. The lowest BCUT2D eigenvalue weighted by atomic mass is 9.91. The predicted molar refractivity (Wildman–Crippen MR) is 90.3 cm³/mol. The number of carbonyl (C=O) groups excluding carboxylic acids is 2. The van der Waals surface area contributed by atoms with E-state index in [0.29, 0.717) is 26.0 Å². The average Bonchev–Trinajstić information content (AvgIpc) is 3.13. The summed E-state index contributed by atoms with van der Waals surface area (Å²) in [7, 11) is 0. The normalized spacial score (nSPS) is 25.0. The molecule has 3 aliphatic rings. The highest BCUT2D eigenvalue weighted by molar-refractivity contribution is 5.88. The standard InChI is InChI=1S/C17H28F2N4O3/c1-15(18,19)11-12(13(24)22-16(20)7-8-16)21-14(25)23-9-10-26-17(23)5-3-2-4-6-17/h12H,2-11,20H2,1H3,(H,21,25)(H,22,24)/t12-/m0/s1. The van der Waals surface area contributed by atoms with Gasteiger partial charge in [0.15, 0.2) is 0 Å². The topological polar surface area (TPSA) is 96.7 Å². The zero-order valence-electron chi connectivity index (χ0n) is 15.2. The highest BCUT2D eigenvalue weighted by atomic mass is 19.3. The van der Waals surface area contributed by atoms with Crippen LogP contribution in [0.1, 0.15) is 58.3 Å². The number of ether oxygens (including phenoxy) is 1. The second-order valence-electron chi connectivity index (χ2n) is 7.93. The van der Waals surface area contributed by atoms with Gasteiger partial charge in [-0.3, -0.25) is 9.69 Å².